The van der Waals surface area contributed by atoms with Crippen LogP contribution in [0.15, 0.2) is 60.7 Å². The predicted molar refractivity (Wildman–Crippen MR) is 112 cm³/mol. The minimum atomic E-state index is 0.151. The molecule has 27 heavy (non-hydrogen) atoms. The van der Waals surface area contributed by atoms with Crippen molar-refractivity contribution in [2.24, 2.45) is 0 Å². The summed E-state index contributed by atoms with van der Waals surface area (Å²) in [5.74, 6) is 0. The number of hydrogen-bond donors (Lipinski definition) is 1. The molecule has 2 heteroatoms. The normalized spacial score (nSPS) is 24.3. The zero-order valence-corrected chi connectivity index (χ0v) is 16.5. The van der Waals surface area contributed by atoms with Gasteiger partial charge in [0.15, 0.2) is 0 Å². The summed E-state index contributed by atoms with van der Waals surface area (Å²) in [7, 11) is 0. The van der Waals surface area contributed by atoms with Crippen LogP contribution in [0.3, 0.4) is 0 Å². The van der Waals surface area contributed by atoms with E-state index in [1.54, 1.807) is 0 Å². The molecule has 0 bridgehead atoms. The largest absolute Gasteiger partial charge is 0.375 e. The van der Waals surface area contributed by atoms with Crippen LogP contribution in [0.5, 0.6) is 0 Å². The van der Waals surface area contributed by atoms with Crippen molar-refractivity contribution in [3.63, 3.8) is 0 Å². The zero-order valence-electron chi connectivity index (χ0n) is 16.5. The third kappa shape index (κ3) is 4.44. The topological polar surface area (TPSA) is 21.3 Å². The highest BCUT2D eigenvalue weighted by Crippen LogP contribution is 2.49. The van der Waals surface area contributed by atoms with E-state index in [0.717, 1.165) is 32.5 Å². The number of hydrogen-bond acceptors (Lipinski definition) is 2. The van der Waals surface area contributed by atoms with Crippen LogP contribution in [-0.4, -0.2) is 25.3 Å². The van der Waals surface area contributed by atoms with Gasteiger partial charge in [-0.05, 0) is 62.7 Å². The lowest BCUT2D eigenvalue weighted by atomic mass is 9.66. The molecule has 2 fully saturated rings. The molecule has 4 rings (SSSR count). The van der Waals surface area contributed by atoms with Crippen LogP contribution in [0.4, 0.5) is 0 Å². The molecule has 144 valence electrons. The Morgan fingerprint density at radius 1 is 0.815 bits per heavy atom. The van der Waals surface area contributed by atoms with Crippen LogP contribution >= 0.6 is 0 Å². The lowest BCUT2D eigenvalue weighted by molar-refractivity contribution is -0.103. The van der Waals surface area contributed by atoms with Crippen molar-refractivity contribution in [3.8, 4) is 0 Å². The van der Waals surface area contributed by atoms with Gasteiger partial charge in [-0.25, -0.2) is 0 Å². The van der Waals surface area contributed by atoms with E-state index >= 15 is 0 Å². The number of benzene rings is 2. The monoisotopic (exact) mass is 363 g/mol. The van der Waals surface area contributed by atoms with Crippen LogP contribution in [-0.2, 0) is 16.6 Å². The van der Waals surface area contributed by atoms with Gasteiger partial charge in [-0.2, -0.15) is 0 Å². The maximum Gasteiger partial charge on any atom is 0.0691 e. The fourth-order valence-electron chi connectivity index (χ4n) is 5.29. The predicted octanol–water partition coefficient (Wildman–Crippen LogP) is 5.27. The van der Waals surface area contributed by atoms with Gasteiger partial charge < -0.3 is 10.1 Å². The Kier molecular flexibility index (Phi) is 5.95. The average Bonchev–Trinajstić information content (AvgIpc) is 3.16. The van der Waals surface area contributed by atoms with E-state index < -0.39 is 0 Å². The molecule has 2 aliphatic rings. The van der Waals surface area contributed by atoms with Crippen molar-refractivity contribution in [1.29, 1.82) is 0 Å². The second-order valence-electron chi connectivity index (χ2n) is 8.55. The fourth-order valence-corrected chi connectivity index (χ4v) is 5.29. The maximum absolute atomic E-state index is 6.37. The molecule has 0 aromatic heterocycles. The molecule has 1 N–H and O–H groups in total. The minimum Gasteiger partial charge on any atom is -0.375 e. The van der Waals surface area contributed by atoms with Gasteiger partial charge in [0.25, 0.3) is 0 Å². The summed E-state index contributed by atoms with van der Waals surface area (Å²) >= 11 is 0. The van der Waals surface area contributed by atoms with Crippen molar-refractivity contribution < 1.29 is 4.74 Å². The molecule has 0 amide bonds. The Hall–Kier alpha value is -1.64. The number of rotatable bonds is 7. The Bertz CT molecular complexity index is 693. The first kappa shape index (κ1) is 18.7. The molecule has 1 aliphatic carbocycles. The zero-order chi connectivity index (χ0) is 18.4. The van der Waals surface area contributed by atoms with Crippen LogP contribution in [0, 0.1) is 0 Å². The first-order chi connectivity index (χ1) is 13.3. The average molecular weight is 364 g/mol. The van der Waals surface area contributed by atoms with E-state index in [0.29, 0.717) is 0 Å². The van der Waals surface area contributed by atoms with Gasteiger partial charge in [0.1, 0.15) is 0 Å². The summed E-state index contributed by atoms with van der Waals surface area (Å²) in [4.78, 5) is 0. The van der Waals surface area contributed by atoms with Gasteiger partial charge in [-0.15, -0.1) is 0 Å². The van der Waals surface area contributed by atoms with Crippen molar-refractivity contribution in [3.05, 3.63) is 71.8 Å². The van der Waals surface area contributed by atoms with Crippen molar-refractivity contribution in [1.82, 2.24) is 5.32 Å². The summed E-state index contributed by atoms with van der Waals surface area (Å²) in [6.45, 7) is 3.05. The molecule has 2 aromatic rings. The number of ether oxygens (including phenoxy) is 1. The summed E-state index contributed by atoms with van der Waals surface area (Å²) in [6, 6.07) is 22.0. The van der Waals surface area contributed by atoms with Crippen molar-refractivity contribution in [2.45, 2.75) is 62.4 Å². The van der Waals surface area contributed by atoms with Crippen LogP contribution < -0.4 is 5.32 Å². The summed E-state index contributed by atoms with van der Waals surface area (Å²) in [5.41, 5.74) is 3.35. The van der Waals surface area contributed by atoms with Crippen molar-refractivity contribution >= 4 is 0 Å². The molecule has 0 radical (unpaired) electrons. The first-order valence-electron chi connectivity index (χ1n) is 10.7. The van der Waals surface area contributed by atoms with E-state index in [4.69, 9.17) is 4.74 Å². The highest BCUT2D eigenvalue weighted by atomic mass is 16.5. The van der Waals surface area contributed by atoms with Gasteiger partial charge >= 0.3 is 0 Å². The second-order valence-corrected chi connectivity index (χ2v) is 8.55. The van der Waals surface area contributed by atoms with Crippen LogP contribution in [0.25, 0.3) is 0 Å². The summed E-state index contributed by atoms with van der Waals surface area (Å²) < 4.78 is 6.37. The quantitative estimate of drug-likeness (QED) is 0.677. The third-order valence-electron chi connectivity index (χ3n) is 6.76. The molecule has 2 nitrogen and oxygen atoms in total. The third-order valence-corrected chi connectivity index (χ3v) is 6.76. The standard InChI is InChI=1S/C25H33NO/c1-3-9-22(10-4-1)13-18-26-19-16-24(23-11-5-2-6-12-23)17-20-27-25(21-24)14-7-8-15-25/h1-6,9-12,26H,7-8,13-21H2/t24-/m1/s1. The molecule has 1 spiro atoms. The lowest BCUT2D eigenvalue weighted by Gasteiger charge is -2.47. The SMILES string of the molecule is c1ccc(CCNCC[C@@]2(c3ccccc3)CCOC3(CCCC3)C2)cc1. The molecule has 1 saturated carbocycles. The number of nitrogens with one attached hydrogen (secondary N) is 1. The highest BCUT2D eigenvalue weighted by molar-refractivity contribution is 5.27. The fraction of sp³-hybridized carbons (Fsp3) is 0.520. The van der Waals surface area contributed by atoms with Crippen LogP contribution in [0.2, 0.25) is 0 Å². The van der Waals surface area contributed by atoms with Crippen molar-refractivity contribution in [2.75, 3.05) is 19.7 Å². The maximum atomic E-state index is 6.37. The molecule has 1 heterocycles. The van der Waals surface area contributed by atoms with E-state index in [1.807, 2.05) is 0 Å². The van der Waals surface area contributed by atoms with Gasteiger partial charge in [0, 0.05) is 12.0 Å². The minimum absolute atomic E-state index is 0.151. The molecule has 2 aromatic carbocycles. The Morgan fingerprint density at radius 3 is 2.26 bits per heavy atom. The molecular formula is C25H33NO. The molecule has 1 atom stereocenters. The Morgan fingerprint density at radius 2 is 1.52 bits per heavy atom. The van der Waals surface area contributed by atoms with E-state index in [2.05, 4.69) is 66.0 Å². The van der Waals surface area contributed by atoms with E-state index in [1.165, 1.54) is 49.7 Å². The van der Waals surface area contributed by atoms with Gasteiger partial charge in [-0.3, -0.25) is 0 Å². The lowest BCUT2D eigenvalue weighted by Crippen LogP contribution is -2.47. The smallest absolute Gasteiger partial charge is 0.0691 e. The highest BCUT2D eigenvalue weighted by Gasteiger charge is 2.47. The van der Waals surface area contributed by atoms with Gasteiger partial charge in [-0.1, -0.05) is 73.5 Å². The van der Waals surface area contributed by atoms with Crippen LogP contribution in [0.1, 0.15) is 56.1 Å². The summed E-state index contributed by atoms with van der Waals surface area (Å²) in [5, 5.41) is 3.71. The van der Waals surface area contributed by atoms with E-state index in [-0.39, 0.29) is 11.0 Å². The Labute approximate surface area is 164 Å². The summed E-state index contributed by atoms with van der Waals surface area (Å²) in [6.07, 6.45) is 9.83. The molecule has 1 aliphatic heterocycles. The molecule has 0 unspecified atom stereocenters. The first-order valence-corrected chi connectivity index (χ1v) is 10.7. The molecule has 1 saturated heterocycles. The molecular weight excluding hydrogens is 330 g/mol. The Balaban J connectivity index is 1.40. The van der Waals surface area contributed by atoms with Gasteiger partial charge in [0.2, 0.25) is 0 Å². The second kappa shape index (κ2) is 8.58. The van der Waals surface area contributed by atoms with E-state index in [9.17, 15) is 0 Å². The van der Waals surface area contributed by atoms with Gasteiger partial charge in [0.05, 0.1) is 5.60 Å².